The van der Waals surface area contributed by atoms with Gasteiger partial charge in [-0.15, -0.1) is 0 Å². The van der Waals surface area contributed by atoms with Crippen molar-refractivity contribution in [1.82, 2.24) is 4.98 Å². The molecule has 90 valence electrons. The number of nitrogens with one attached hydrogen (secondary N) is 1. The van der Waals surface area contributed by atoms with Crippen molar-refractivity contribution >= 4 is 5.97 Å². The first-order valence-electron chi connectivity index (χ1n) is 5.58. The number of nitrogens with two attached hydrogens (primary N) is 1. The third-order valence-electron chi connectivity index (χ3n) is 2.55. The first kappa shape index (κ1) is 12.8. The average Bonchev–Trinajstić information content (AvgIpc) is 2.41. The minimum Gasteiger partial charge on any atom is -0.462 e. The van der Waals surface area contributed by atoms with Crippen LogP contribution in [0.3, 0.4) is 0 Å². The number of H-pyrrole nitrogens is 1. The van der Waals surface area contributed by atoms with E-state index in [-0.39, 0.29) is 12.0 Å². The Morgan fingerprint density at radius 2 is 2.12 bits per heavy atom. The molecule has 1 unspecified atom stereocenters. The van der Waals surface area contributed by atoms with Gasteiger partial charge in [0.15, 0.2) is 0 Å². The molecule has 1 atom stereocenters. The van der Waals surface area contributed by atoms with Crippen molar-refractivity contribution in [2.75, 3.05) is 6.61 Å². The van der Waals surface area contributed by atoms with Crippen LogP contribution in [0.5, 0.6) is 0 Å². The maximum absolute atomic E-state index is 11.7. The first-order chi connectivity index (χ1) is 7.47. The summed E-state index contributed by atoms with van der Waals surface area (Å²) >= 11 is 0. The lowest BCUT2D eigenvalue weighted by atomic mass is 10.1. The van der Waals surface area contributed by atoms with Crippen LogP contribution in [-0.4, -0.2) is 23.6 Å². The van der Waals surface area contributed by atoms with Gasteiger partial charge in [-0.25, -0.2) is 4.79 Å². The van der Waals surface area contributed by atoms with Gasteiger partial charge in [-0.05, 0) is 33.3 Å². The summed E-state index contributed by atoms with van der Waals surface area (Å²) in [4.78, 5) is 14.9. The molecule has 0 aliphatic heterocycles. The molecule has 1 aromatic heterocycles. The number of rotatable bonds is 4. The van der Waals surface area contributed by atoms with E-state index in [9.17, 15) is 4.79 Å². The van der Waals surface area contributed by atoms with Gasteiger partial charge in [0.2, 0.25) is 0 Å². The number of ether oxygens (including phenoxy) is 1. The highest BCUT2D eigenvalue weighted by Gasteiger charge is 2.19. The highest BCUT2D eigenvalue weighted by atomic mass is 16.5. The molecular weight excluding hydrogens is 204 g/mol. The molecule has 1 heterocycles. The second kappa shape index (κ2) is 5.16. The Bertz CT molecular complexity index is 381. The molecule has 0 spiro atoms. The normalized spacial score (nSPS) is 12.6. The summed E-state index contributed by atoms with van der Waals surface area (Å²) in [6, 6.07) is 0.0757. The second-order valence-electron chi connectivity index (χ2n) is 4.13. The van der Waals surface area contributed by atoms with Gasteiger partial charge in [-0.1, -0.05) is 0 Å². The highest BCUT2D eigenvalue weighted by Crippen LogP contribution is 2.19. The van der Waals surface area contributed by atoms with Crippen LogP contribution in [0.1, 0.15) is 41.2 Å². The zero-order chi connectivity index (χ0) is 12.3. The lowest BCUT2D eigenvalue weighted by molar-refractivity contribution is 0.0525. The predicted octanol–water partition coefficient (Wildman–Crippen LogP) is 1.70. The molecule has 16 heavy (non-hydrogen) atoms. The van der Waals surface area contributed by atoms with Crippen LogP contribution in [0.25, 0.3) is 0 Å². The fraction of sp³-hybridized carbons (Fsp3) is 0.583. The Morgan fingerprint density at radius 1 is 1.50 bits per heavy atom. The summed E-state index contributed by atoms with van der Waals surface area (Å²) in [6.07, 6.45) is 0.742. The van der Waals surface area contributed by atoms with Gasteiger partial charge in [0.05, 0.1) is 12.2 Å². The Kier molecular flexibility index (Phi) is 4.12. The van der Waals surface area contributed by atoms with Gasteiger partial charge in [-0.2, -0.15) is 0 Å². The van der Waals surface area contributed by atoms with Crippen molar-refractivity contribution in [3.63, 3.8) is 0 Å². The number of aryl methyl sites for hydroxylation is 1. The fourth-order valence-corrected chi connectivity index (χ4v) is 1.85. The van der Waals surface area contributed by atoms with Crippen LogP contribution in [0.2, 0.25) is 0 Å². The fourth-order valence-electron chi connectivity index (χ4n) is 1.85. The Morgan fingerprint density at radius 3 is 2.62 bits per heavy atom. The van der Waals surface area contributed by atoms with Crippen molar-refractivity contribution in [2.45, 2.75) is 40.2 Å². The molecule has 1 rings (SSSR count). The molecule has 4 nitrogen and oxygen atoms in total. The molecule has 0 radical (unpaired) electrons. The summed E-state index contributed by atoms with van der Waals surface area (Å²) in [7, 11) is 0. The zero-order valence-electron chi connectivity index (χ0n) is 10.4. The number of aromatic nitrogens is 1. The van der Waals surface area contributed by atoms with E-state index >= 15 is 0 Å². The second-order valence-corrected chi connectivity index (χ2v) is 4.13. The Labute approximate surface area is 96.2 Å². The van der Waals surface area contributed by atoms with Crippen LogP contribution in [0, 0.1) is 13.8 Å². The van der Waals surface area contributed by atoms with E-state index in [1.807, 2.05) is 20.8 Å². The van der Waals surface area contributed by atoms with E-state index in [2.05, 4.69) is 4.98 Å². The lowest BCUT2D eigenvalue weighted by Crippen LogP contribution is -2.18. The molecule has 4 heteroatoms. The lowest BCUT2D eigenvalue weighted by Gasteiger charge is -2.05. The summed E-state index contributed by atoms with van der Waals surface area (Å²) in [6.45, 7) is 7.95. The van der Waals surface area contributed by atoms with Crippen molar-refractivity contribution in [2.24, 2.45) is 5.73 Å². The van der Waals surface area contributed by atoms with E-state index in [0.29, 0.717) is 12.2 Å². The topological polar surface area (TPSA) is 68.1 Å². The Hall–Kier alpha value is -1.29. The van der Waals surface area contributed by atoms with Crippen LogP contribution < -0.4 is 5.73 Å². The quantitative estimate of drug-likeness (QED) is 0.765. The molecule has 1 aromatic rings. The van der Waals surface area contributed by atoms with E-state index in [4.69, 9.17) is 10.5 Å². The Balaban J connectivity index is 3.02. The molecule has 0 saturated heterocycles. The molecule has 0 aliphatic rings. The molecule has 0 saturated carbocycles. The van der Waals surface area contributed by atoms with Crippen LogP contribution >= 0.6 is 0 Å². The molecule has 0 fully saturated rings. The highest BCUT2D eigenvalue weighted by molar-refractivity contribution is 5.92. The maximum atomic E-state index is 11.7. The maximum Gasteiger partial charge on any atom is 0.340 e. The molecule has 3 N–H and O–H groups in total. The largest absolute Gasteiger partial charge is 0.462 e. The molecular formula is C12H20N2O2. The standard InChI is InChI=1S/C12H20N2O2/c1-5-16-12(15)11-8(3)10(6-7(2)13)14-9(11)4/h7,14H,5-6,13H2,1-4H3. The van der Waals surface area contributed by atoms with E-state index < -0.39 is 0 Å². The van der Waals surface area contributed by atoms with E-state index in [0.717, 1.165) is 23.4 Å². The summed E-state index contributed by atoms with van der Waals surface area (Å²) < 4.78 is 5.02. The van der Waals surface area contributed by atoms with Crippen molar-refractivity contribution in [3.8, 4) is 0 Å². The van der Waals surface area contributed by atoms with Gasteiger partial charge >= 0.3 is 5.97 Å². The van der Waals surface area contributed by atoms with Crippen LogP contribution in [0.4, 0.5) is 0 Å². The summed E-state index contributed by atoms with van der Waals surface area (Å²) in [5.41, 5.74) is 9.23. The minimum absolute atomic E-state index is 0.0757. The number of hydrogen-bond donors (Lipinski definition) is 2. The molecule has 0 aliphatic carbocycles. The molecule has 0 aromatic carbocycles. The molecule has 0 bridgehead atoms. The summed E-state index contributed by atoms with van der Waals surface area (Å²) in [5.74, 6) is -0.260. The van der Waals surface area contributed by atoms with Crippen molar-refractivity contribution in [3.05, 3.63) is 22.5 Å². The number of carbonyl (C=O) groups is 1. The predicted molar refractivity (Wildman–Crippen MR) is 63.6 cm³/mol. The monoisotopic (exact) mass is 224 g/mol. The van der Waals surface area contributed by atoms with Crippen molar-refractivity contribution in [1.29, 1.82) is 0 Å². The van der Waals surface area contributed by atoms with E-state index in [1.165, 1.54) is 0 Å². The van der Waals surface area contributed by atoms with Crippen molar-refractivity contribution < 1.29 is 9.53 Å². The van der Waals surface area contributed by atoms with Gasteiger partial charge in [0, 0.05) is 23.9 Å². The third-order valence-corrected chi connectivity index (χ3v) is 2.55. The van der Waals surface area contributed by atoms with Crippen LogP contribution in [-0.2, 0) is 11.2 Å². The van der Waals surface area contributed by atoms with Gasteiger partial charge in [0.25, 0.3) is 0 Å². The number of esters is 1. The molecule has 0 amide bonds. The number of hydrogen-bond acceptors (Lipinski definition) is 3. The van der Waals surface area contributed by atoms with E-state index in [1.54, 1.807) is 6.92 Å². The first-order valence-corrected chi connectivity index (χ1v) is 5.58. The minimum atomic E-state index is -0.260. The number of aromatic amines is 1. The number of carbonyl (C=O) groups excluding carboxylic acids is 1. The van der Waals surface area contributed by atoms with Gasteiger partial charge < -0.3 is 15.5 Å². The van der Waals surface area contributed by atoms with Crippen LogP contribution in [0.15, 0.2) is 0 Å². The van der Waals surface area contributed by atoms with Gasteiger partial charge in [0.1, 0.15) is 0 Å². The SMILES string of the molecule is CCOC(=O)c1c(C)[nH]c(CC(C)N)c1C. The summed E-state index contributed by atoms with van der Waals surface area (Å²) in [5, 5.41) is 0. The average molecular weight is 224 g/mol. The smallest absolute Gasteiger partial charge is 0.340 e. The zero-order valence-corrected chi connectivity index (χ0v) is 10.4. The van der Waals surface area contributed by atoms with Gasteiger partial charge in [-0.3, -0.25) is 0 Å². The third kappa shape index (κ3) is 2.64.